The van der Waals surface area contributed by atoms with Crippen LogP contribution in [-0.4, -0.2) is 57.1 Å². The lowest BCUT2D eigenvalue weighted by atomic mass is 9.70. The highest BCUT2D eigenvalue weighted by molar-refractivity contribution is 7.89. The van der Waals surface area contributed by atoms with Gasteiger partial charge in [0.2, 0.25) is 16.0 Å². The molecule has 3 aliphatic rings. The molecule has 0 amide bonds. The van der Waals surface area contributed by atoms with Crippen LogP contribution in [0, 0.1) is 28.6 Å². The van der Waals surface area contributed by atoms with E-state index in [0.29, 0.717) is 43.1 Å². The molecule has 1 heterocycles. The first-order valence-corrected chi connectivity index (χ1v) is 15.3. The maximum atomic E-state index is 13.0. The topological polar surface area (TPSA) is 104 Å². The fourth-order valence-corrected chi connectivity index (χ4v) is 9.00. The van der Waals surface area contributed by atoms with Crippen LogP contribution >= 0.6 is 0 Å². The van der Waals surface area contributed by atoms with E-state index in [0.717, 1.165) is 55.4 Å². The summed E-state index contributed by atoms with van der Waals surface area (Å²) in [5.74, 6) is 2.83. The molecule has 0 aliphatic heterocycles. The number of hydrogen-bond acceptors (Lipinski definition) is 7. The molecular formula is C28H41N5O3S. The summed E-state index contributed by atoms with van der Waals surface area (Å²) in [7, 11) is 0.477. The quantitative estimate of drug-likeness (QED) is 0.503. The van der Waals surface area contributed by atoms with Crippen molar-refractivity contribution in [3.05, 3.63) is 24.3 Å². The van der Waals surface area contributed by atoms with E-state index >= 15 is 0 Å². The zero-order chi connectivity index (χ0) is 26.4. The maximum absolute atomic E-state index is 13.0. The van der Waals surface area contributed by atoms with Crippen molar-refractivity contribution in [1.29, 1.82) is 0 Å². The highest BCUT2D eigenvalue weighted by Gasteiger charge is 2.65. The maximum Gasteiger partial charge on any atom is 0.225 e. The van der Waals surface area contributed by atoms with Gasteiger partial charge in [-0.2, -0.15) is 4.98 Å². The molecule has 1 aromatic carbocycles. The summed E-state index contributed by atoms with van der Waals surface area (Å²) in [6.45, 7) is 5.45. The van der Waals surface area contributed by atoms with Gasteiger partial charge >= 0.3 is 0 Å². The first-order chi connectivity index (χ1) is 17.5. The number of sulfonamides is 1. The van der Waals surface area contributed by atoms with Crippen molar-refractivity contribution in [2.45, 2.75) is 58.8 Å². The van der Waals surface area contributed by atoms with Gasteiger partial charge in [0, 0.05) is 44.4 Å². The molecule has 9 heteroatoms. The molecule has 37 heavy (non-hydrogen) atoms. The predicted molar refractivity (Wildman–Crippen MR) is 148 cm³/mol. The minimum atomic E-state index is -3.50. The van der Waals surface area contributed by atoms with Gasteiger partial charge < -0.3 is 10.2 Å². The summed E-state index contributed by atoms with van der Waals surface area (Å²) < 4.78 is 29.0. The van der Waals surface area contributed by atoms with Gasteiger partial charge in [0.15, 0.2) is 0 Å². The van der Waals surface area contributed by atoms with Gasteiger partial charge in [0.1, 0.15) is 11.6 Å². The van der Waals surface area contributed by atoms with Gasteiger partial charge in [-0.05, 0) is 73.8 Å². The van der Waals surface area contributed by atoms with Crippen molar-refractivity contribution in [3.8, 4) is 0 Å². The van der Waals surface area contributed by atoms with Crippen LogP contribution in [0.4, 0.5) is 11.8 Å². The smallest absolute Gasteiger partial charge is 0.225 e. The molecule has 202 valence electrons. The van der Waals surface area contributed by atoms with Gasteiger partial charge in [0.25, 0.3) is 0 Å². The van der Waals surface area contributed by atoms with Crippen molar-refractivity contribution < 1.29 is 13.2 Å². The summed E-state index contributed by atoms with van der Waals surface area (Å²) in [5.41, 5.74) is -0.00848. The molecule has 2 N–H and O–H groups in total. The highest BCUT2D eigenvalue weighted by atomic mass is 32.2. The van der Waals surface area contributed by atoms with E-state index in [1.54, 1.807) is 0 Å². The van der Waals surface area contributed by atoms with E-state index in [1.165, 1.54) is 0 Å². The Labute approximate surface area is 221 Å². The van der Waals surface area contributed by atoms with E-state index in [-0.39, 0.29) is 17.0 Å². The second-order valence-corrected chi connectivity index (χ2v) is 14.1. The summed E-state index contributed by atoms with van der Waals surface area (Å²) in [6.07, 6.45) is 6.30. The normalized spacial score (nSPS) is 29.1. The van der Waals surface area contributed by atoms with E-state index < -0.39 is 15.4 Å². The van der Waals surface area contributed by atoms with Crippen molar-refractivity contribution >= 4 is 38.5 Å². The Morgan fingerprint density at radius 1 is 1.00 bits per heavy atom. The lowest BCUT2D eigenvalue weighted by Gasteiger charge is -2.36. The first kappa shape index (κ1) is 26.4. The summed E-state index contributed by atoms with van der Waals surface area (Å²) in [6, 6.07) is 8.05. The standard InChI is InChI=1S/C28H41N5O3S/c1-27(2)21-13-14-28(27,24(34)15-21)18-37(35,36)30-17-20-11-9-19(10-12-20)16-29-26-31-23-8-6-5-7-22(23)25(32-26)33(3)4/h5-8,19-21,30H,9-18H2,1-4H3,(H,29,31,32)/t19?,20?,21-,28-/m0/s1. The molecular weight excluding hydrogens is 486 g/mol. The van der Waals surface area contributed by atoms with E-state index in [2.05, 4.69) is 23.9 Å². The van der Waals surface area contributed by atoms with Crippen LogP contribution in [0.15, 0.2) is 24.3 Å². The number of carbonyl (C=O) groups excluding carboxylic acids is 1. The number of hydrogen-bond donors (Lipinski definition) is 2. The van der Waals surface area contributed by atoms with Gasteiger partial charge in [-0.3, -0.25) is 4.79 Å². The lowest BCUT2D eigenvalue weighted by molar-refractivity contribution is -0.128. The average Bonchev–Trinajstić information content (AvgIpc) is 3.20. The number of nitrogens with one attached hydrogen (secondary N) is 2. The van der Waals surface area contributed by atoms with Crippen LogP contribution in [0.25, 0.3) is 10.9 Å². The van der Waals surface area contributed by atoms with Gasteiger partial charge in [-0.25, -0.2) is 18.1 Å². The number of rotatable bonds is 9. The molecule has 0 radical (unpaired) electrons. The Bertz CT molecular complexity index is 1270. The Hall–Kier alpha value is -2.26. The van der Waals surface area contributed by atoms with Gasteiger partial charge in [0.05, 0.1) is 11.3 Å². The molecule has 5 rings (SSSR count). The molecule has 0 saturated heterocycles. The van der Waals surface area contributed by atoms with Crippen LogP contribution in [0.2, 0.25) is 0 Å². The molecule has 0 unspecified atom stereocenters. The summed E-state index contributed by atoms with van der Waals surface area (Å²) in [5, 5.41) is 4.48. The second-order valence-electron chi connectivity index (χ2n) is 12.3. The third kappa shape index (κ3) is 4.97. The largest absolute Gasteiger partial charge is 0.362 e. The number of benzene rings is 1. The van der Waals surface area contributed by atoms with Crippen molar-refractivity contribution in [2.75, 3.05) is 43.2 Å². The molecule has 2 aromatic rings. The molecule has 3 saturated carbocycles. The summed E-state index contributed by atoms with van der Waals surface area (Å²) >= 11 is 0. The van der Waals surface area contributed by atoms with Crippen LogP contribution < -0.4 is 14.9 Å². The Morgan fingerprint density at radius 2 is 1.68 bits per heavy atom. The number of fused-ring (bicyclic) bond motifs is 3. The number of Topliss-reactive ketones (excluding diaryl/α,β-unsaturated/α-hetero) is 1. The Morgan fingerprint density at radius 3 is 2.30 bits per heavy atom. The van der Waals surface area contributed by atoms with E-state index in [4.69, 9.17) is 9.97 Å². The minimum absolute atomic E-state index is 0.0533. The Balaban J connectivity index is 1.11. The predicted octanol–water partition coefficient (Wildman–Crippen LogP) is 4.23. The highest BCUT2D eigenvalue weighted by Crippen LogP contribution is 2.64. The molecule has 2 bridgehead atoms. The van der Waals surface area contributed by atoms with Gasteiger partial charge in [-0.1, -0.05) is 26.0 Å². The van der Waals surface area contributed by atoms with Crippen LogP contribution in [0.5, 0.6) is 0 Å². The molecule has 3 fully saturated rings. The van der Waals surface area contributed by atoms with Crippen LogP contribution in [-0.2, 0) is 14.8 Å². The van der Waals surface area contributed by atoms with E-state index in [1.807, 2.05) is 43.3 Å². The average molecular weight is 528 g/mol. The zero-order valence-corrected chi connectivity index (χ0v) is 23.4. The fraction of sp³-hybridized carbons (Fsp3) is 0.679. The number of para-hydroxylation sites is 1. The third-order valence-corrected chi connectivity index (χ3v) is 11.2. The molecule has 8 nitrogen and oxygen atoms in total. The SMILES string of the molecule is CN(C)c1nc(NCC2CCC(CNS(=O)(=O)C[C@@]34CC[C@@H](CC3=O)C4(C)C)CC2)nc2ccccc12. The monoisotopic (exact) mass is 527 g/mol. The lowest BCUT2D eigenvalue weighted by Crippen LogP contribution is -2.46. The van der Waals surface area contributed by atoms with Gasteiger partial charge in [-0.15, -0.1) is 0 Å². The number of ketones is 1. The number of nitrogens with zero attached hydrogens (tertiary/aromatic N) is 3. The third-order valence-electron chi connectivity index (χ3n) is 9.69. The molecule has 3 aliphatic carbocycles. The molecule has 2 atom stereocenters. The molecule has 0 spiro atoms. The number of carbonyl (C=O) groups is 1. The fourth-order valence-electron chi connectivity index (χ4n) is 7.08. The second kappa shape index (κ2) is 9.80. The molecule has 1 aromatic heterocycles. The number of aromatic nitrogens is 2. The summed E-state index contributed by atoms with van der Waals surface area (Å²) in [4.78, 5) is 24.2. The zero-order valence-electron chi connectivity index (χ0n) is 22.6. The van der Waals surface area contributed by atoms with E-state index in [9.17, 15) is 13.2 Å². The minimum Gasteiger partial charge on any atom is -0.362 e. The number of anilines is 2. The van der Waals surface area contributed by atoms with Crippen LogP contribution in [0.3, 0.4) is 0 Å². The van der Waals surface area contributed by atoms with Crippen LogP contribution in [0.1, 0.15) is 58.8 Å². The van der Waals surface area contributed by atoms with Crippen molar-refractivity contribution in [2.24, 2.45) is 28.6 Å². The first-order valence-electron chi connectivity index (χ1n) is 13.7. The Kier molecular flexibility index (Phi) is 6.98. The van der Waals surface area contributed by atoms with Crippen molar-refractivity contribution in [1.82, 2.24) is 14.7 Å². The van der Waals surface area contributed by atoms with Crippen molar-refractivity contribution in [3.63, 3.8) is 0 Å².